The van der Waals surface area contributed by atoms with E-state index in [1.807, 2.05) is 67.7 Å². The lowest BCUT2D eigenvalue weighted by Crippen LogP contribution is -2.28. The molecule has 3 rings (SSSR count). The Bertz CT molecular complexity index is 783. The number of rotatable bonds is 5. The highest BCUT2D eigenvalue weighted by Gasteiger charge is 2.11. The maximum atomic E-state index is 12.5. The second-order valence-electron chi connectivity index (χ2n) is 5.74. The van der Waals surface area contributed by atoms with Crippen molar-refractivity contribution < 1.29 is 4.79 Å². The van der Waals surface area contributed by atoms with Gasteiger partial charge in [-0.3, -0.25) is 9.78 Å². The van der Waals surface area contributed by atoms with Gasteiger partial charge in [0.05, 0.1) is 0 Å². The molecular formula is C21H20N2O. The topological polar surface area (TPSA) is 33.2 Å². The van der Waals surface area contributed by atoms with Crippen molar-refractivity contribution in [3.05, 3.63) is 90.3 Å². The maximum Gasteiger partial charge on any atom is 0.253 e. The molecule has 1 amide bonds. The summed E-state index contributed by atoms with van der Waals surface area (Å²) in [5.41, 5.74) is 3.97. The molecule has 3 nitrogen and oxygen atoms in total. The molecule has 0 N–H and O–H groups in total. The minimum Gasteiger partial charge on any atom is -0.341 e. The van der Waals surface area contributed by atoms with Crippen LogP contribution in [0.3, 0.4) is 0 Å². The molecule has 0 fully saturated rings. The highest BCUT2D eigenvalue weighted by Crippen LogP contribution is 2.19. The smallest absolute Gasteiger partial charge is 0.253 e. The number of likely N-dealkylation sites (N-methyl/N-ethyl adjacent to an activating group) is 1. The molecule has 0 aliphatic rings. The normalized spacial score (nSPS) is 10.4. The summed E-state index contributed by atoms with van der Waals surface area (Å²) in [5, 5.41) is 0. The molecule has 24 heavy (non-hydrogen) atoms. The molecule has 120 valence electrons. The third-order valence-electron chi connectivity index (χ3n) is 4.02. The third kappa shape index (κ3) is 3.87. The van der Waals surface area contributed by atoms with Gasteiger partial charge in [0, 0.05) is 37.5 Å². The van der Waals surface area contributed by atoms with Gasteiger partial charge in [0.2, 0.25) is 0 Å². The number of benzene rings is 2. The van der Waals surface area contributed by atoms with Gasteiger partial charge < -0.3 is 4.90 Å². The Morgan fingerprint density at radius 2 is 1.54 bits per heavy atom. The second-order valence-corrected chi connectivity index (χ2v) is 5.74. The molecule has 0 saturated heterocycles. The lowest BCUT2D eigenvalue weighted by Gasteiger charge is -2.17. The van der Waals surface area contributed by atoms with Gasteiger partial charge >= 0.3 is 0 Å². The highest BCUT2D eigenvalue weighted by atomic mass is 16.2. The van der Waals surface area contributed by atoms with E-state index in [9.17, 15) is 4.79 Å². The van der Waals surface area contributed by atoms with Gasteiger partial charge in [-0.15, -0.1) is 0 Å². The molecule has 0 spiro atoms. The molecule has 0 atom stereocenters. The van der Waals surface area contributed by atoms with Gasteiger partial charge in [0.25, 0.3) is 5.91 Å². The van der Waals surface area contributed by atoms with Gasteiger partial charge in [-0.2, -0.15) is 0 Å². The van der Waals surface area contributed by atoms with Gasteiger partial charge in [0.1, 0.15) is 0 Å². The highest BCUT2D eigenvalue weighted by molar-refractivity contribution is 5.94. The summed E-state index contributed by atoms with van der Waals surface area (Å²) in [6.45, 7) is 0.649. The predicted molar refractivity (Wildman–Crippen MR) is 96.8 cm³/mol. The van der Waals surface area contributed by atoms with Crippen molar-refractivity contribution in [1.82, 2.24) is 9.88 Å². The quantitative estimate of drug-likeness (QED) is 0.711. The van der Waals surface area contributed by atoms with Gasteiger partial charge in [-0.05, 0) is 35.4 Å². The van der Waals surface area contributed by atoms with Crippen molar-refractivity contribution in [1.29, 1.82) is 0 Å². The van der Waals surface area contributed by atoms with E-state index >= 15 is 0 Å². The van der Waals surface area contributed by atoms with Crippen LogP contribution in [0.25, 0.3) is 11.1 Å². The Balaban J connectivity index is 1.64. The Morgan fingerprint density at radius 3 is 2.21 bits per heavy atom. The Kier molecular flexibility index (Phi) is 5.02. The molecule has 2 aromatic carbocycles. The van der Waals surface area contributed by atoms with E-state index < -0.39 is 0 Å². The zero-order valence-corrected chi connectivity index (χ0v) is 13.7. The lowest BCUT2D eigenvalue weighted by atomic mass is 10.0. The van der Waals surface area contributed by atoms with Crippen LogP contribution in [0.15, 0.2) is 79.0 Å². The molecule has 0 aliphatic carbocycles. The van der Waals surface area contributed by atoms with Crippen LogP contribution < -0.4 is 0 Å². The monoisotopic (exact) mass is 316 g/mol. The van der Waals surface area contributed by atoms with Crippen molar-refractivity contribution >= 4 is 5.91 Å². The molecule has 0 unspecified atom stereocenters. The average molecular weight is 316 g/mol. The Morgan fingerprint density at radius 1 is 0.875 bits per heavy atom. The van der Waals surface area contributed by atoms with Crippen molar-refractivity contribution in [2.24, 2.45) is 0 Å². The second kappa shape index (κ2) is 7.55. The molecule has 0 saturated carbocycles. The summed E-state index contributed by atoms with van der Waals surface area (Å²) in [7, 11) is 1.83. The molecule has 0 bridgehead atoms. The Labute approximate surface area is 142 Å². The maximum absolute atomic E-state index is 12.5. The fourth-order valence-corrected chi connectivity index (χ4v) is 2.59. The first-order chi connectivity index (χ1) is 11.7. The molecule has 0 radical (unpaired) electrons. The van der Waals surface area contributed by atoms with Crippen molar-refractivity contribution in [3.63, 3.8) is 0 Å². The standard InChI is InChI=1S/C21H20N2O/c1-23(16-14-20-9-5-6-15-22-20)21(24)19-12-10-18(11-13-19)17-7-3-2-4-8-17/h2-13,15H,14,16H2,1H3. The number of hydrogen-bond donors (Lipinski definition) is 0. The number of amides is 1. The van der Waals surface area contributed by atoms with Crippen LogP contribution >= 0.6 is 0 Å². The van der Waals surface area contributed by atoms with Crippen LogP contribution in [0, 0.1) is 0 Å². The first-order valence-electron chi connectivity index (χ1n) is 8.05. The van der Waals surface area contributed by atoms with Gasteiger partial charge in [0.15, 0.2) is 0 Å². The van der Waals surface area contributed by atoms with Crippen LogP contribution in [0.4, 0.5) is 0 Å². The zero-order chi connectivity index (χ0) is 16.8. The Hall–Kier alpha value is -2.94. The molecule has 1 heterocycles. The third-order valence-corrected chi connectivity index (χ3v) is 4.02. The molecule has 3 aromatic rings. The largest absolute Gasteiger partial charge is 0.341 e. The number of carbonyl (C=O) groups excluding carboxylic acids is 1. The van der Waals surface area contributed by atoms with E-state index in [0.29, 0.717) is 12.1 Å². The number of carbonyl (C=O) groups is 1. The van der Waals surface area contributed by atoms with Crippen LogP contribution in [-0.2, 0) is 6.42 Å². The number of aromatic nitrogens is 1. The summed E-state index contributed by atoms with van der Waals surface area (Å²) >= 11 is 0. The van der Waals surface area contributed by atoms with Gasteiger partial charge in [-0.25, -0.2) is 0 Å². The van der Waals surface area contributed by atoms with E-state index in [2.05, 4.69) is 17.1 Å². The van der Waals surface area contributed by atoms with Crippen LogP contribution in [0.5, 0.6) is 0 Å². The van der Waals surface area contributed by atoms with Crippen LogP contribution in [0.2, 0.25) is 0 Å². The van der Waals surface area contributed by atoms with Crippen molar-refractivity contribution in [2.75, 3.05) is 13.6 Å². The SMILES string of the molecule is CN(CCc1ccccn1)C(=O)c1ccc(-c2ccccc2)cc1. The minimum absolute atomic E-state index is 0.0329. The van der Waals surface area contributed by atoms with Crippen molar-refractivity contribution in [3.8, 4) is 11.1 Å². The summed E-state index contributed by atoms with van der Waals surface area (Å²) in [5.74, 6) is 0.0329. The number of nitrogens with zero attached hydrogens (tertiary/aromatic N) is 2. The summed E-state index contributed by atoms with van der Waals surface area (Å²) in [6.07, 6.45) is 2.53. The molecule has 3 heteroatoms. The lowest BCUT2D eigenvalue weighted by molar-refractivity contribution is 0.0796. The summed E-state index contributed by atoms with van der Waals surface area (Å²) < 4.78 is 0. The molecule has 1 aromatic heterocycles. The van der Waals surface area contributed by atoms with Crippen molar-refractivity contribution in [2.45, 2.75) is 6.42 Å². The summed E-state index contributed by atoms with van der Waals surface area (Å²) in [6, 6.07) is 23.8. The molecule has 0 aliphatic heterocycles. The fraction of sp³-hybridized carbons (Fsp3) is 0.143. The first kappa shape index (κ1) is 15.9. The van der Waals surface area contributed by atoms with Crippen LogP contribution in [-0.4, -0.2) is 29.4 Å². The van der Waals surface area contributed by atoms with E-state index in [0.717, 1.165) is 23.2 Å². The number of pyridine rings is 1. The molecular weight excluding hydrogens is 296 g/mol. The van der Waals surface area contributed by atoms with Gasteiger partial charge in [-0.1, -0.05) is 48.5 Å². The minimum atomic E-state index is 0.0329. The number of hydrogen-bond acceptors (Lipinski definition) is 2. The zero-order valence-electron chi connectivity index (χ0n) is 13.7. The van der Waals surface area contributed by atoms with E-state index in [1.54, 1.807) is 11.1 Å². The van der Waals surface area contributed by atoms with E-state index in [1.165, 1.54) is 0 Å². The summed E-state index contributed by atoms with van der Waals surface area (Å²) in [4.78, 5) is 18.6. The average Bonchev–Trinajstić information content (AvgIpc) is 2.67. The van der Waals surface area contributed by atoms with E-state index in [4.69, 9.17) is 0 Å². The predicted octanol–water partition coefficient (Wildman–Crippen LogP) is 4.06. The fourth-order valence-electron chi connectivity index (χ4n) is 2.59. The van der Waals surface area contributed by atoms with E-state index in [-0.39, 0.29) is 5.91 Å². The first-order valence-corrected chi connectivity index (χ1v) is 8.05. The van der Waals surface area contributed by atoms with Crippen LogP contribution in [0.1, 0.15) is 16.1 Å².